The lowest BCUT2D eigenvalue weighted by Gasteiger charge is -2.33. The highest BCUT2D eigenvalue weighted by atomic mass is 32.1. The number of aromatic nitrogens is 1. The summed E-state index contributed by atoms with van der Waals surface area (Å²) in [6.07, 6.45) is 0. The number of hydrogen-bond donors (Lipinski definition) is 1. The molecule has 1 aliphatic rings. The topological polar surface area (TPSA) is 54.6 Å². The molecule has 2 rings (SSSR count). The number of thiazole rings is 1. The molecule has 1 saturated heterocycles. The third-order valence-electron chi connectivity index (χ3n) is 3.74. The van der Waals surface area contributed by atoms with Crippen molar-refractivity contribution in [1.29, 1.82) is 0 Å². The fraction of sp³-hybridized carbons (Fsp3) is 0.786. The number of nitrogens with zero attached hydrogens (tertiary/aromatic N) is 3. The van der Waals surface area contributed by atoms with Gasteiger partial charge in [0.1, 0.15) is 5.01 Å². The first-order valence-electron chi connectivity index (χ1n) is 7.31. The maximum absolute atomic E-state index is 6.02. The zero-order valence-corrected chi connectivity index (χ0v) is 13.6. The summed E-state index contributed by atoms with van der Waals surface area (Å²) in [6, 6.07) is 0.0309. The Kier molecular flexibility index (Phi) is 5.92. The van der Waals surface area contributed by atoms with E-state index in [1.165, 1.54) is 0 Å². The van der Waals surface area contributed by atoms with Crippen molar-refractivity contribution in [1.82, 2.24) is 14.8 Å². The van der Waals surface area contributed by atoms with Gasteiger partial charge in [-0.3, -0.25) is 4.90 Å². The second-order valence-corrected chi connectivity index (χ2v) is 6.47. The van der Waals surface area contributed by atoms with Gasteiger partial charge in [0.25, 0.3) is 0 Å². The van der Waals surface area contributed by atoms with E-state index in [2.05, 4.69) is 16.7 Å². The number of hydrogen-bond acceptors (Lipinski definition) is 6. The van der Waals surface area contributed by atoms with Gasteiger partial charge in [0, 0.05) is 44.2 Å². The molecular formula is C14H26N4OS. The standard InChI is InChI=1S/C14H26N4OS/c1-4-17-5-7-18(8-6-17)9-13-16-12(10-19-3)14(20-13)11(2)15/h11H,4-10,15H2,1-3H3. The minimum Gasteiger partial charge on any atom is -0.378 e. The van der Waals surface area contributed by atoms with E-state index in [1.54, 1.807) is 18.4 Å². The van der Waals surface area contributed by atoms with Crippen molar-refractivity contribution in [3.8, 4) is 0 Å². The van der Waals surface area contributed by atoms with Crippen molar-refractivity contribution in [3.05, 3.63) is 15.6 Å². The zero-order valence-electron chi connectivity index (χ0n) is 12.8. The zero-order chi connectivity index (χ0) is 14.5. The molecule has 0 aromatic carbocycles. The Hall–Kier alpha value is -0.530. The van der Waals surface area contributed by atoms with E-state index in [4.69, 9.17) is 15.5 Å². The molecule has 1 unspecified atom stereocenters. The third kappa shape index (κ3) is 3.99. The minimum atomic E-state index is 0.0309. The first-order chi connectivity index (χ1) is 9.63. The van der Waals surface area contributed by atoms with Gasteiger partial charge in [0.05, 0.1) is 18.8 Å². The van der Waals surface area contributed by atoms with Gasteiger partial charge >= 0.3 is 0 Å². The molecule has 0 saturated carbocycles. The van der Waals surface area contributed by atoms with Crippen LogP contribution >= 0.6 is 11.3 Å². The molecule has 1 aliphatic heterocycles. The SMILES string of the molecule is CCN1CCN(Cc2nc(COC)c(C(C)N)s2)CC1. The van der Waals surface area contributed by atoms with Gasteiger partial charge in [0.2, 0.25) is 0 Å². The molecule has 1 aromatic heterocycles. The summed E-state index contributed by atoms with van der Waals surface area (Å²) in [4.78, 5) is 10.8. The molecule has 1 fully saturated rings. The van der Waals surface area contributed by atoms with Gasteiger partial charge in [-0.15, -0.1) is 11.3 Å². The van der Waals surface area contributed by atoms with Gasteiger partial charge < -0.3 is 15.4 Å². The molecule has 1 aromatic rings. The first kappa shape index (κ1) is 15.9. The van der Waals surface area contributed by atoms with Crippen LogP contribution in [0.2, 0.25) is 0 Å². The van der Waals surface area contributed by atoms with E-state index in [9.17, 15) is 0 Å². The molecule has 6 heteroatoms. The quantitative estimate of drug-likeness (QED) is 0.861. The molecule has 0 radical (unpaired) electrons. The predicted octanol–water partition coefficient (Wildman–Crippen LogP) is 1.45. The molecule has 20 heavy (non-hydrogen) atoms. The Morgan fingerprint density at radius 3 is 2.50 bits per heavy atom. The summed E-state index contributed by atoms with van der Waals surface area (Å²) in [5.41, 5.74) is 7.03. The van der Waals surface area contributed by atoms with Crippen LogP contribution in [0, 0.1) is 0 Å². The van der Waals surface area contributed by atoms with Crippen LogP contribution in [-0.2, 0) is 17.9 Å². The molecule has 114 valence electrons. The number of methoxy groups -OCH3 is 1. The Labute approximate surface area is 125 Å². The molecule has 2 N–H and O–H groups in total. The molecule has 0 amide bonds. The molecule has 1 atom stereocenters. The van der Waals surface area contributed by atoms with Crippen molar-refractivity contribution in [3.63, 3.8) is 0 Å². The van der Waals surface area contributed by atoms with E-state index in [0.29, 0.717) is 6.61 Å². The summed E-state index contributed by atoms with van der Waals surface area (Å²) in [5.74, 6) is 0. The molecule has 0 aliphatic carbocycles. The van der Waals surface area contributed by atoms with E-state index >= 15 is 0 Å². The Morgan fingerprint density at radius 1 is 1.30 bits per heavy atom. The lowest BCUT2D eigenvalue weighted by Crippen LogP contribution is -2.45. The summed E-state index contributed by atoms with van der Waals surface area (Å²) in [7, 11) is 1.70. The Morgan fingerprint density at radius 2 is 1.95 bits per heavy atom. The lowest BCUT2D eigenvalue weighted by atomic mass is 10.2. The second-order valence-electron chi connectivity index (χ2n) is 5.35. The second kappa shape index (κ2) is 7.47. The van der Waals surface area contributed by atoms with Crippen LogP contribution in [0.25, 0.3) is 0 Å². The maximum atomic E-state index is 6.02. The summed E-state index contributed by atoms with van der Waals surface area (Å²) >= 11 is 1.74. The molecule has 0 spiro atoms. The molecule has 0 bridgehead atoms. The number of nitrogens with two attached hydrogens (primary N) is 1. The van der Waals surface area contributed by atoms with Crippen LogP contribution in [0.1, 0.15) is 35.5 Å². The van der Waals surface area contributed by atoms with Crippen LogP contribution in [-0.4, -0.2) is 54.6 Å². The summed E-state index contributed by atoms with van der Waals surface area (Å²) in [6.45, 7) is 11.4. The molecule has 5 nitrogen and oxygen atoms in total. The number of likely N-dealkylation sites (N-methyl/N-ethyl adjacent to an activating group) is 1. The fourth-order valence-electron chi connectivity index (χ4n) is 2.53. The normalized spacial score (nSPS) is 19.4. The molecular weight excluding hydrogens is 272 g/mol. The van der Waals surface area contributed by atoms with Crippen LogP contribution in [0.4, 0.5) is 0 Å². The lowest BCUT2D eigenvalue weighted by molar-refractivity contribution is 0.131. The molecule has 2 heterocycles. The average Bonchev–Trinajstić information content (AvgIpc) is 2.83. The van der Waals surface area contributed by atoms with E-state index in [1.807, 2.05) is 6.92 Å². The van der Waals surface area contributed by atoms with Crippen LogP contribution in [0.3, 0.4) is 0 Å². The highest BCUT2D eigenvalue weighted by Gasteiger charge is 2.19. The Balaban J connectivity index is 1.97. The fourth-order valence-corrected chi connectivity index (χ4v) is 3.60. The number of piperazine rings is 1. The van der Waals surface area contributed by atoms with Crippen molar-refractivity contribution in [2.24, 2.45) is 5.73 Å². The van der Waals surface area contributed by atoms with Gasteiger partial charge in [-0.25, -0.2) is 4.98 Å². The van der Waals surface area contributed by atoms with Crippen molar-refractivity contribution < 1.29 is 4.74 Å². The smallest absolute Gasteiger partial charge is 0.107 e. The largest absolute Gasteiger partial charge is 0.378 e. The van der Waals surface area contributed by atoms with Crippen molar-refractivity contribution >= 4 is 11.3 Å². The average molecular weight is 298 g/mol. The van der Waals surface area contributed by atoms with Gasteiger partial charge in [0.15, 0.2) is 0 Å². The van der Waals surface area contributed by atoms with Gasteiger partial charge in [-0.2, -0.15) is 0 Å². The monoisotopic (exact) mass is 298 g/mol. The third-order valence-corrected chi connectivity index (χ3v) is 5.02. The predicted molar refractivity (Wildman–Crippen MR) is 82.8 cm³/mol. The highest BCUT2D eigenvalue weighted by Crippen LogP contribution is 2.25. The van der Waals surface area contributed by atoms with Crippen molar-refractivity contribution in [2.75, 3.05) is 39.8 Å². The number of ether oxygens (including phenoxy) is 1. The van der Waals surface area contributed by atoms with Crippen LogP contribution in [0.5, 0.6) is 0 Å². The minimum absolute atomic E-state index is 0.0309. The van der Waals surface area contributed by atoms with E-state index < -0.39 is 0 Å². The van der Waals surface area contributed by atoms with E-state index in [-0.39, 0.29) is 6.04 Å². The summed E-state index contributed by atoms with van der Waals surface area (Å²) < 4.78 is 5.22. The Bertz CT molecular complexity index is 413. The van der Waals surface area contributed by atoms with E-state index in [0.717, 1.165) is 54.8 Å². The van der Waals surface area contributed by atoms with Crippen molar-refractivity contribution in [2.45, 2.75) is 33.0 Å². The maximum Gasteiger partial charge on any atom is 0.107 e. The van der Waals surface area contributed by atoms with Gasteiger partial charge in [-0.1, -0.05) is 6.92 Å². The van der Waals surface area contributed by atoms with Gasteiger partial charge in [-0.05, 0) is 13.5 Å². The summed E-state index contributed by atoms with van der Waals surface area (Å²) in [5, 5.41) is 1.16. The van der Waals surface area contributed by atoms with Crippen LogP contribution < -0.4 is 5.73 Å². The number of rotatable bonds is 6. The first-order valence-corrected chi connectivity index (χ1v) is 8.13. The highest BCUT2D eigenvalue weighted by molar-refractivity contribution is 7.11. The van der Waals surface area contributed by atoms with Crippen LogP contribution in [0.15, 0.2) is 0 Å².